The van der Waals surface area contributed by atoms with Crippen LogP contribution in [-0.4, -0.2) is 28.8 Å². The number of carbonyl (C=O) groups is 1. The van der Waals surface area contributed by atoms with Gasteiger partial charge in [0.1, 0.15) is 0 Å². The van der Waals surface area contributed by atoms with Crippen molar-refractivity contribution in [3.8, 4) is 11.5 Å². The topological polar surface area (TPSA) is 114 Å². The Morgan fingerprint density at radius 2 is 2.12 bits per heavy atom. The highest BCUT2D eigenvalue weighted by molar-refractivity contribution is 5.84. The first-order valence-corrected chi connectivity index (χ1v) is 6.64. The monoisotopic (exact) mass is 333 g/mol. The molecule has 24 heavy (non-hydrogen) atoms. The molecule has 0 radical (unpaired) electrons. The summed E-state index contributed by atoms with van der Waals surface area (Å²) < 4.78 is 18.3. The van der Waals surface area contributed by atoms with Gasteiger partial charge in [-0.25, -0.2) is 9.82 Å². The van der Waals surface area contributed by atoms with Gasteiger partial charge < -0.3 is 9.84 Å². The summed E-state index contributed by atoms with van der Waals surface area (Å²) in [7, 11) is 0. The molecule has 0 aliphatic heterocycles. The summed E-state index contributed by atoms with van der Waals surface area (Å²) in [4.78, 5) is 21.5. The Morgan fingerprint density at radius 3 is 2.83 bits per heavy atom. The smallest absolute Gasteiger partial charge is 0.311 e. The van der Waals surface area contributed by atoms with Crippen LogP contribution >= 0.6 is 0 Å². The first-order valence-electron chi connectivity index (χ1n) is 6.64. The van der Waals surface area contributed by atoms with E-state index in [1.165, 1.54) is 24.3 Å². The van der Waals surface area contributed by atoms with Gasteiger partial charge >= 0.3 is 5.69 Å². The molecule has 0 fully saturated rings. The minimum Gasteiger partial charge on any atom is -0.502 e. The van der Waals surface area contributed by atoms with Crippen molar-refractivity contribution in [2.75, 3.05) is 6.61 Å². The number of phenols is 1. The van der Waals surface area contributed by atoms with Gasteiger partial charge in [-0.1, -0.05) is 12.1 Å². The lowest BCUT2D eigenvalue weighted by molar-refractivity contribution is -0.385. The summed E-state index contributed by atoms with van der Waals surface area (Å²) in [6.45, 7) is -0.450. The van der Waals surface area contributed by atoms with E-state index in [4.69, 9.17) is 4.74 Å². The first-order chi connectivity index (χ1) is 11.5. The van der Waals surface area contributed by atoms with Crippen LogP contribution in [0.3, 0.4) is 0 Å². The second kappa shape index (κ2) is 7.68. The number of carbonyl (C=O) groups excluding carboxylic acids is 1. The van der Waals surface area contributed by atoms with E-state index in [0.717, 1.165) is 18.3 Å². The SMILES string of the molecule is O=C(COc1ccccc1F)N/N=C\c1ccc(O)c([N+](=O)[O-])c1. The van der Waals surface area contributed by atoms with E-state index in [9.17, 15) is 24.4 Å². The molecule has 0 aliphatic carbocycles. The Morgan fingerprint density at radius 1 is 1.38 bits per heavy atom. The lowest BCUT2D eigenvalue weighted by atomic mass is 10.2. The molecule has 2 aromatic carbocycles. The Bertz CT molecular complexity index is 794. The Labute approximate surface area is 135 Å². The molecule has 0 atom stereocenters. The zero-order valence-corrected chi connectivity index (χ0v) is 12.2. The number of ether oxygens (including phenoxy) is 1. The number of amides is 1. The zero-order valence-electron chi connectivity index (χ0n) is 12.2. The summed E-state index contributed by atoms with van der Waals surface area (Å²) in [6.07, 6.45) is 1.16. The van der Waals surface area contributed by atoms with Gasteiger partial charge in [-0.05, 0) is 24.3 Å². The third-order valence-electron chi connectivity index (χ3n) is 2.79. The number of phenolic OH excluding ortho intramolecular Hbond substituents is 1. The average molecular weight is 333 g/mol. The summed E-state index contributed by atoms with van der Waals surface area (Å²) in [6, 6.07) is 9.25. The molecule has 0 heterocycles. The number of hydrazone groups is 1. The number of nitrogens with one attached hydrogen (secondary N) is 1. The number of para-hydroxylation sites is 1. The fraction of sp³-hybridized carbons (Fsp3) is 0.0667. The number of hydrogen-bond acceptors (Lipinski definition) is 6. The number of nitro groups is 1. The quantitative estimate of drug-likeness (QED) is 0.476. The summed E-state index contributed by atoms with van der Waals surface area (Å²) in [5, 5.41) is 23.6. The Kier molecular flexibility index (Phi) is 5.40. The molecule has 0 spiro atoms. The zero-order chi connectivity index (χ0) is 17.5. The number of benzene rings is 2. The summed E-state index contributed by atoms with van der Waals surface area (Å²) in [5.41, 5.74) is 1.96. The van der Waals surface area contributed by atoms with Crippen molar-refractivity contribution in [2.24, 2.45) is 5.10 Å². The molecule has 8 nitrogen and oxygen atoms in total. The molecular weight excluding hydrogens is 321 g/mol. The van der Waals surface area contributed by atoms with Crippen LogP contribution in [0.5, 0.6) is 11.5 Å². The minimum absolute atomic E-state index is 0.0641. The maximum Gasteiger partial charge on any atom is 0.311 e. The van der Waals surface area contributed by atoms with Crippen LogP contribution in [-0.2, 0) is 4.79 Å². The van der Waals surface area contributed by atoms with E-state index in [1.54, 1.807) is 6.07 Å². The number of nitro benzene ring substituents is 1. The Hall–Kier alpha value is -3.49. The van der Waals surface area contributed by atoms with Crippen molar-refractivity contribution in [3.63, 3.8) is 0 Å². The van der Waals surface area contributed by atoms with Crippen molar-refractivity contribution < 1.29 is 24.0 Å². The van der Waals surface area contributed by atoms with E-state index >= 15 is 0 Å². The maximum absolute atomic E-state index is 13.3. The Balaban J connectivity index is 1.90. The first kappa shape index (κ1) is 16.9. The van der Waals surface area contributed by atoms with Crippen LogP contribution in [0.4, 0.5) is 10.1 Å². The number of halogens is 1. The third-order valence-corrected chi connectivity index (χ3v) is 2.79. The van der Waals surface area contributed by atoms with E-state index in [-0.39, 0.29) is 5.75 Å². The van der Waals surface area contributed by atoms with Crippen molar-refractivity contribution >= 4 is 17.8 Å². The van der Waals surface area contributed by atoms with Crippen LogP contribution < -0.4 is 10.2 Å². The highest BCUT2D eigenvalue weighted by Gasteiger charge is 2.12. The van der Waals surface area contributed by atoms with Gasteiger partial charge in [-0.15, -0.1) is 0 Å². The third kappa shape index (κ3) is 4.50. The number of aromatic hydroxyl groups is 1. The summed E-state index contributed by atoms with van der Waals surface area (Å²) >= 11 is 0. The normalized spacial score (nSPS) is 10.5. The molecule has 1 amide bonds. The van der Waals surface area contributed by atoms with Gasteiger partial charge in [0, 0.05) is 11.6 Å². The van der Waals surface area contributed by atoms with Gasteiger partial charge in [0.15, 0.2) is 23.9 Å². The number of hydrogen-bond donors (Lipinski definition) is 2. The van der Waals surface area contributed by atoms with E-state index in [0.29, 0.717) is 5.56 Å². The fourth-order valence-electron chi connectivity index (χ4n) is 1.68. The van der Waals surface area contributed by atoms with Gasteiger partial charge in [0.2, 0.25) is 0 Å². The fourth-order valence-corrected chi connectivity index (χ4v) is 1.68. The largest absolute Gasteiger partial charge is 0.502 e. The highest BCUT2D eigenvalue weighted by Crippen LogP contribution is 2.25. The second-order valence-corrected chi connectivity index (χ2v) is 4.52. The van der Waals surface area contributed by atoms with E-state index in [1.807, 2.05) is 0 Å². The van der Waals surface area contributed by atoms with E-state index < -0.39 is 34.7 Å². The van der Waals surface area contributed by atoms with Gasteiger partial charge in [0.25, 0.3) is 5.91 Å². The van der Waals surface area contributed by atoms with Crippen LogP contribution in [0.1, 0.15) is 5.56 Å². The maximum atomic E-state index is 13.3. The van der Waals surface area contributed by atoms with Crippen LogP contribution in [0.15, 0.2) is 47.6 Å². The number of rotatable bonds is 6. The molecule has 124 valence electrons. The lowest BCUT2D eigenvalue weighted by Crippen LogP contribution is -2.24. The second-order valence-electron chi connectivity index (χ2n) is 4.52. The van der Waals surface area contributed by atoms with Gasteiger partial charge in [-0.3, -0.25) is 14.9 Å². The van der Waals surface area contributed by atoms with Crippen molar-refractivity contribution in [3.05, 3.63) is 64.0 Å². The predicted octanol–water partition coefficient (Wildman–Crippen LogP) is 1.97. The van der Waals surface area contributed by atoms with Crippen molar-refractivity contribution in [1.82, 2.24) is 5.43 Å². The molecule has 0 aliphatic rings. The number of nitrogens with zero attached hydrogens (tertiary/aromatic N) is 2. The molecule has 0 unspecified atom stereocenters. The molecule has 2 aromatic rings. The van der Waals surface area contributed by atoms with Crippen LogP contribution in [0.2, 0.25) is 0 Å². The van der Waals surface area contributed by atoms with Crippen LogP contribution in [0, 0.1) is 15.9 Å². The van der Waals surface area contributed by atoms with Gasteiger partial charge in [-0.2, -0.15) is 5.10 Å². The molecule has 9 heteroatoms. The predicted molar refractivity (Wildman–Crippen MR) is 82.4 cm³/mol. The highest BCUT2D eigenvalue weighted by atomic mass is 19.1. The molecule has 0 saturated carbocycles. The molecule has 2 rings (SSSR count). The molecular formula is C15H12FN3O5. The summed E-state index contributed by atoms with van der Waals surface area (Å²) in [5.74, 6) is -1.77. The standard InChI is InChI=1S/C15H12FN3O5/c16-11-3-1-2-4-14(11)24-9-15(21)18-17-8-10-5-6-13(20)12(7-10)19(22)23/h1-8,20H,9H2,(H,18,21)/b17-8-. The molecule has 0 saturated heterocycles. The van der Waals surface area contributed by atoms with Crippen molar-refractivity contribution in [1.29, 1.82) is 0 Å². The molecule has 0 aromatic heterocycles. The van der Waals surface area contributed by atoms with Gasteiger partial charge in [0.05, 0.1) is 11.1 Å². The average Bonchev–Trinajstić information content (AvgIpc) is 2.55. The van der Waals surface area contributed by atoms with E-state index in [2.05, 4.69) is 10.5 Å². The molecule has 2 N–H and O–H groups in total. The van der Waals surface area contributed by atoms with Crippen LogP contribution in [0.25, 0.3) is 0 Å². The molecule has 0 bridgehead atoms. The van der Waals surface area contributed by atoms with Crippen molar-refractivity contribution in [2.45, 2.75) is 0 Å². The lowest BCUT2D eigenvalue weighted by Gasteiger charge is -2.05. The minimum atomic E-state index is -0.743.